The van der Waals surface area contributed by atoms with Crippen LogP contribution in [-0.2, 0) is 4.74 Å². The van der Waals surface area contributed by atoms with Crippen molar-refractivity contribution in [2.45, 2.75) is 25.8 Å². The van der Waals surface area contributed by atoms with Crippen LogP contribution >= 0.6 is 0 Å². The van der Waals surface area contributed by atoms with Crippen LogP contribution in [0.25, 0.3) is 0 Å². The molecule has 3 N–H and O–H groups in total. The lowest BCUT2D eigenvalue weighted by molar-refractivity contribution is 0.182. The predicted molar refractivity (Wildman–Crippen MR) is 75.2 cm³/mol. The first kappa shape index (κ1) is 14.8. The fourth-order valence-electron chi connectivity index (χ4n) is 1.84. The third-order valence-corrected chi connectivity index (χ3v) is 2.64. The average Bonchev–Trinajstić information content (AvgIpc) is 2.37. The van der Waals surface area contributed by atoms with Gasteiger partial charge in [-0.25, -0.2) is 0 Å². The lowest BCUT2D eigenvalue weighted by Gasteiger charge is -2.19. The highest BCUT2D eigenvalue weighted by Gasteiger charge is 2.08. The molecule has 102 valence electrons. The van der Waals surface area contributed by atoms with E-state index in [9.17, 15) is 0 Å². The third kappa shape index (κ3) is 5.38. The maximum Gasteiger partial charge on any atom is 0.121 e. The Morgan fingerprint density at radius 2 is 2.22 bits per heavy atom. The molecule has 18 heavy (non-hydrogen) atoms. The molecule has 4 heteroatoms. The number of ether oxygens (including phenoxy) is 2. The summed E-state index contributed by atoms with van der Waals surface area (Å²) in [5, 5.41) is 3.45. The summed E-state index contributed by atoms with van der Waals surface area (Å²) < 4.78 is 10.7. The van der Waals surface area contributed by atoms with E-state index in [4.69, 9.17) is 15.2 Å². The van der Waals surface area contributed by atoms with Gasteiger partial charge < -0.3 is 20.5 Å². The molecule has 0 aliphatic heterocycles. The van der Waals surface area contributed by atoms with Gasteiger partial charge >= 0.3 is 0 Å². The summed E-state index contributed by atoms with van der Waals surface area (Å²) in [5.41, 5.74) is 6.60. The molecule has 0 amide bonds. The number of hydrogen-bond acceptors (Lipinski definition) is 4. The summed E-state index contributed by atoms with van der Waals surface area (Å²) in [5.74, 6) is 0.887. The molecule has 0 saturated carbocycles. The molecule has 1 rings (SSSR count). The fourth-order valence-corrected chi connectivity index (χ4v) is 1.84. The van der Waals surface area contributed by atoms with Gasteiger partial charge in [-0.3, -0.25) is 0 Å². The molecule has 0 spiro atoms. The number of nitrogens with two attached hydrogens (primary N) is 1. The Morgan fingerprint density at radius 3 is 2.89 bits per heavy atom. The van der Waals surface area contributed by atoms with E-state index < -0.39 is 0 Å². The Labute approximate surface area is 109 Å². The van der Waals surface area contributed by atoms with Crippen LogP contribution in [0, 0.1) is 0 Å². The largest absolute Gasteiger partial charge is 0.494 e. The molecule has 0 saturated heterocycles. The summed E-state index contributed by atoms with van der Waals surface area (Å²) in [6.45, 7) is 4.05. The van der Waals surface area contributed by atoms with Crippen LogP contribution in [0.2, 0.25) is 0 Å². The highest BCUT2D eigenvalue weighted by Crippen LogP contribution is 2.18. The Morgan fingerprint density at radius 1 is 1.39 bits per heavy atom. The van der Waals surface area contributed by atoms with E-state index in [0.29, 0.717) is 19.8 Å². The first-order chi connectivity index (χ1) is 8.80. The van der Waals surface area contributed by atoms with E-state index in [-0.39, 0.29) is 6.04 Å². The lowest BCUT2D eigenvalue weighted by Crippen LogP contribution is -2.25. The van der Waals surface area contributed by atoms with Gasteiger partial charge in [-0.1, -0.05) is 6.07 Å². The van der Waals surface area contributed by atoms with Gasteiger partial charge in [0, 0.05) is 24.9 Å². The smallest absolute Gasteiger partial charge is 0.121 e. The SMILES string of the molecule is CCOc1cccc(NC(CCCN)COC)c1. The average molecular weight is 252 g/mol. The maximum absolute atomic E-state index is 5.54. The van der Waals surface area contributed by atoms with Crippen LogP contribution in [0.5, 0.6) is 5.75 Å². The minimum Gasteiger partial charge on any atom is -0.494 e. The van der Waals surface area contributed by atoms with E-state index in [1.54, 1.807) is 7.11 Å². The first-order valence-corrected chi connectivity index (χ1v) is 6.48. The topological polar surface area (TPSA) is 56.5 Å². The zero-order valence-electron chi connectivity index (χ0n) is 11.3. The molecule has 0 aliphatic carbocycles. The molecule has 0 fully saturated rings. The molecule has 0 aromatic heterocycles. The second-order valence-corrected chi connectivity index (χ2v) is 4.19. The monoisotopic (exact) mass is 252 g/mol. The van der Waals surface area contributed by atoms with Crippen molar-refractivity contribution >= 4 is 5.69 Å². The second-order valence-electron chi connectivity index (χ2n) is 4.19. The fraction of sp³-hybridized carbons (Fsp3) is 0.571. The van der Waals surface area contributed by atoms with Crippen molar-refractivity contribution in [3.63, 3.8) is 0 Å². The van der Waals surface area contributed by atoms with Crippen molar-refractivity contribution in [1.82, 2.24) is 0 Å². The van der Waals surface area contributed by atoms with E-state index in [1.165, 1.54) is 0 Å². The van der Waals surface area contributed by atoms with Gasteiger partial charge in [-0.2, -0.15) is 0 Å². The van der Waals surface area contributed by atoms with Crippen LogP contribution in [0.4, 0.5) is 5.69 Å². The molecule has 0 aliphatic rings. The van der Waals surface area contributed by atoms with Gasteiger partial charge in [0.05, 0.1) is 13.2 Å². The van der Waals surface area contributed by atoms with Crippen molar-refractivity contribution in [2.75, 3.05) is 32.2 Å². The Hall–Kier alpha value is -1.26. The normalized spacial score (nSPS) is 12.2. The van der Waals surface area contributed by atoms with Crippen LogP contribution in [0.15, 0.2) is 24.3 Å². The van der Waals surface area contributed by atoms with Crippen molar-refractivity contribution in [1.29, 1.82) is 0 Å². The number of benzene rings is 1. The molecule has 1 aromatic rings. The number of methoxy groups -OCH3 is 1. The summed E-state index contributed by atoms with van der Waals surface area (Å²) in [7, 11) is 1.72. The Bertz CT molecular complexity index is 331. The molecule has 1 aromatic carbocycles. The van der Waals surface area contributed by atoms with E-state index in [0.717, 1.165) is 24.3 Å². The number of anilines is 1. The molecular weight excluding hydrogens is 228 g/mol. The van der Waals surface area contributed by atoms with E-state index in [1.807, 2.05) is 31.2 Å². The van der Waals surface area contributed by atoms with Gasteiger partial charge in [0.25, 0.3) is 0 Å². The van der Waals surface area contributed by atoms with Crippen molar-refractivity contribution in [3.8, 4) is 5.75 Å². The maximum atomic E-state index is 5.54. The molecule has 1 unspecified atom stereocenters. The minimum absolute atomic E-state index is 0.287. The van der Waals surface area contributed by atoms with E-state index >= 15 is 0 Å². The number of hydrogen-bond donors (Lipinski definition) is 2. The number of rotatable bonds is 9. The van der Waals surface area contributed by atoms with Crippen molar-refractivity contribution in [2.24, 2.45) is 5.73 Å². The molecule has 0 bridgehead atoms. The first-order valence-electron chi connectivity index (χ1n) is 6.48. The molecule has 0 radical (unpaired) electrons. The standard InChI is InChI=1S/C14H24N2O2/c1-3-18-14-8-4-6-12(10-14)16-13(11-17-2)7-5-9-15/h4,6,8,10,13,16H,3,5,7,9,11,15H2,1-2H3. The van der Waals surface area contributed by atoms with Crippen molar-refractivity contribution in [3.05, 3.63) is 24.3 Å². The van der Waals surface area contributed by atoms with Crippen LogP contribution in [0.3, 0.4) is 0 Å². The molecule has 4 nitrogen and oxygen atoms in total. The molecule has 1 atom stereocenters. The minimum atomic E-state index is 0.287. The molecular formula is C14H24N2O2. The van der Waals surface area contributed by atoms with Gasteiger partial charge in [-0.05, 0) is 38.4 Å². The highest BCUT2D eigenvalue weighted by molar-refractivity contribution is 5.48. The lowest BCUT2D eigenvalue weighted by atomic mass is 10.1. The van der Waals surface area contributed by atoms with Crippen LogP contribution in [0.1, 0.15) is 19.8 Å². The summed E-state index contributed by atoms with van der Waals surface area (Å²) >= 11 is 0. The van der Waals surface area contributed by atoms with Gasteiger partial charge in [0.1, 0.15) is 5.75 Å². The quantitative estimate of drug-likeness (QED) is 0.708. The zero-order valence-corrected chi connectivity index (χ0v) is 11.3. The summed E-state index contributed by atoms with van der Waals surface area (Å²) in [4.78, 5) is 0. The Kier molecular flexibility index (Phi) is 7.22. The third-order valence-electron chi connectivity index (χ3n) is 2.64. The van der Waals surface area contributed by atoms with Crippen LogP contribution < -0.4 is 15.8 Å². The van der Waals surface area contributed by atoms with Crippen molar-refractivity contribution < 1.29 is 9.47 Å². The highest BCUT2D eigenvalue weighted by atomic mass is 16.5. The van der Waals surface area contributed by atoms with Gasteiger partial charge in [-0.15, -0.1) is 0 Å². The van der Waals surface area contributed by atoms with Gasteiger partial charge in [0.15, 0.2) is 0 Å². The van der Waals surface area contributed by atoms with Crippen LogP contribution in [-0.4, -0.2) is 32.9 Å². The summed E-state index contributed by atoms with van der Waals surface area (Å²) in [6.07, 6.45) is 2.00. The predicted octanol–water partition coefficient (Wildman–Crippen LogP) is 2.25. The zero-order chi connectivity index (χ0) is 13.2. The summed E-state index contributed by atoms with van der Waals surface area (Å²) in [6, 6.07) is 8.28. The molecule has 0 heterocycles. The van der Waals surface area contributed by atoms with E-state index in [2.05, 4.69) is 5.32 Å². The number of nitrogens with one attached hydrogen (secondary N) is 1. The van der Waals surface area contributed by atoms with Gasteiger partial charge in [0.2, 0.25) is 0 Å². The second kappa shape index (κ2) is 8.78. The Balaban J connectivity index is 2.58.